The largest absolute Gasteiger partial charge is 0.457 e. The molecular formula is C12H21N3O2. The van der Waals surface area contributed by atoms with Gasteiger partial charge in [0.05, 0.1) is 6.61 Å². The zero-order valence-electron chi connectivity index (χ0n) is 10.8. The van der Waals surface area contributed by atoms with Gasteiger partial charge in [-0.25, -0.2) is 4.79 Å². The maximum Gasteiger partial charge on any atom is 0.418 e. The van der Waals surface area contributed by atoms with Crippen LogP contribution in [0.3, 0.4) is 0 Å². The molecule has 1 atom stereocenters. The molecule has 1 heterocycles. The third-order valence-electron chi connectivity index (χ3n) is 3.04. The summed E-state index contributed by atoms with van der Waals surface area (Å²) in [6.07, 6.45) is 2.26. The van der Waals surface area contributed by atoms with Crippen LogP contribution in [0.5, 0.6) is 0 Å². The molecule has 0 aromatic heterocycles. The highest BCUT2D eigenvalue weighted by molar-refractivity contribution is 6.36. The molecule has 0 N–H and O–H groups in total. The quantitative estimate of drug-likeness (QED) is 0.315. The molecule has 96 valence electrons. The number of hydrogen-bond donors (Lipinski definition) is 0. The fourth-order valence-electron chi connectivity index (χ4n) is 2.36. The molecule has 0 radical (unpaired) electrons. The Hall–Kier alpha value is -1.19. The number of rotatable bonds is 5. The molecule has 17 heavy (non-hydrogen) atoms. The topological polar surface area (TPSA) is 65.9 Å². The second-order valence-corrected chi connectivity index (χ2v) is 4.64. The lowest BCUT2D eigenvalue weighted by Crippen LogP contribution is -2.47. The minimum Gasteiger partial charge on any atom is -0.457 e. The molecule has 0 bridgehead atoms. The highest BCUT2D eigenvalue weighted by atomic mass is 16.5. The standard InChI is InChI=1S/C12H21N3O2/c1-4-17-12(16)10(14-13)11(9(2)3)15-7-5-6-8-15/h9,11H,4-8H2,1-3H3. The van der Waals surface area contributed by atoms with Crippen LogP contribution < -0.4 is 0 Å². The summed E-state index contributed by atoms with van der Waals surface area (Å²) in [5.41, 5.74) is 9.19. The Morgan fingerprint density at radius 2 is 2.00 bits per heavy atom. The third kappa shape index (κ3) is 3.38. The van der Waals surface area contributed by atoms with E-state index in [1.807, 2.05) is 13.8 Å². The van der Waals surface area contributed by atoms with Crippen molar-refractivity contribution >= 4 is 11.7 Å². The average Bonchev–Trinajstić information content (AvgIpc) is 2.78. The minimum atomic E-state index is -0.513. The molecule has 0 aliphatic carbocycles. The highest BCUT2D eigenvalue weighted by Gasteiger charge is 2.39. The number of likely N-dealkylation sites (tertiary alicyclic amines) is 1. The van der Waals surface area contributed by atoms with Crippen LogP contribution in [0.4, 0.5) is 0 Å². The van der Waals surface area contributed by atoms with Crippen molar-refractivity contribution in [1.29, 1.82) is 0 Å². The van der Waals surface area contributed by atoms with Crippen LogP contribution in [0.15, 0.2) is 0 Å². The van der Waals surface area contributed by atoms with Gasteiger partial charge in [0.2, 0.25) is 0 Å². The second kappa shape index (κ2) is 6.52. The highest BCUT2D eigenvalue weighted by Crippen LogP contribution is 2.18. The summed E-state index contributed by atoms with van der Waals surface area (Å²) in [4.78, 5) is 17.1. The van der Waals surface area contributed by atoms with Gasteiger partial charge in [0.1, 0.15) is 6.04 Å². The Labute approximate surface area is 102 Å². The predicted molar refractivity (Wildman–Crippen MR) is 64.7 cm³/mol. The lowest BCUT2D eigenvalue weighted by Gasteiger charge is -2.26. The Balaban J connectivity index is 2.87. The zero-order chi connectivity index (χ0) is 12.8. The summed E-state index contributed by atoms with van der Waals surface area (Å²) < 4.78 is 4.93. The SMILES string of the molecule is CCOC(=O)C(=[N+]=[N-])C(C(C)C)N1CCCC1. The van der Waals surface area contributed by atoms with Crippen molar-refractivity contribution in [2.45, 2.75) is 39.7 Å². The lowest BCUT2D eigenvalue weighted by atomic mass is 9.97. The minimum absolute atomic E-state index is 0.128. The van der Waals surface area contributed by atoms with Crippen molar-refractivity contribution in [1.82, 2.24) is 4.90 Å². The van der Waals surface area contributed by atoms with E-state index in [1.54, 1.807) is 6.92 Å². The van der Waals surface area contributed by atoms with Gasteiger partial charge in [0.25, 0.3) is 0 Å². The predicted octanol–water partition coefficient (Wildman–Crippen LogP) is 1.34. The molecule has 1 saturated heterocycles. The van der Waals surface area contributed by atoms with Gasteiger partial charge in [-0.05, 0) is 38.8 Å². The maximum atomic E-state index is 11.7. The fourth-order valence-corrected chi connectivity index (χ4v) is 2.36. The van der Waals surface area contributed by atoms with Crippen molar-refractivity contribution in [2.24, 2.45) is 5.92 Å². The number of nitrogens with zero attached hydrogens (tertiary/aromatic N) is 3. The van der Waals surface area contributed by atoms with Gasteiger partial charge in [0, 0.05) is 0 Å². The molecule has 5 nitrogen and oxygen atoms in total. The molecule has 1 rings (SSSR count). The monoisotopic (exact) mass is 239 g/mol. The molecule has 0 amide bonds. The Morgan fingerprint density at radius 1 is 1.41 bits per heavy atom. The van der Waals surface area contributed by atoms with E-state index in [4.69, 9.17) is 10.3 Å². The molecular weight excluding hydrogens is 218 g/mol. The molecule has 1 aliphatic rings. The van der Waals surface area contributed by atoms with Crippen LogP contribution in [-0.4, -0.2) is 47.1 Å². The van der Waals surface area contributed by atoms with Crippen molar-refractivity contribution in [2.75, 3.05) is 19.7 Å². The van der Waals surface area contributed by atoms with E-state index in [1.165, 1.54) is 0 Å². The molecule has 0 saturated carbocycles. The summed E-state index contributed by atoms with van der Waals surface area (Å²) in [6.45, 7) is 7.97. The summed E-state index contributed by atoms with van der Waals surface area (Å²) in [7, 11) is 0. The second-order valence-electron chi connectivity index (χ2n) is 4.64. The van der Waals surface area contributed by atoms with E-state index in [2.05, 4.69) is 9.69 Å². The van der Waals surface area contributed by atoms with Gasteiger partial charge >= 0.3 is 11.7 Å². The molecule has 0 aromatic carbocycles. The van der Waals surface area contributed by atoms with E-state index in [9.17, 15) is 4.79 Å². The Morgan fingerprint density at radius 3 is 2.41 bits per heavy atom. The van der Waals surface area contributed by atoms with Crippen molar-refractivity contribution < 1.29 is 14.3 Å². The summed E-state index contributed by atoms with van der Waals surface area (Å²) in [5, 5.41) is 0. The number of hydrogen-bond acceptors (Lipinski definition) is 3. The number of esters is 1. The fraction of sp³-hybridized carbons (Fsp3) is 0.833. The molecule has 1 unspecified atom stereocenters. The van der Waals surface area contributed by atoms with Gasteiger partial charge in [-0.1, -0.05) is 13.8 Å². The molecule has 0 spiro atoms. The van der Waals surface area contributed by atoms with Crippen molar-refractivity contribution in [3.63, 3.8) is 0 Å². The average molecular weight is 239 g/mol. The number of carbonyl (C=O) groups excluding carboxylic acids is 1. The zero-order valence-corrected chi connectivity index (χ0v) is 10.8. The number of carbonyl (C=O) groups is 1. The van der Waals surface area contributed by atoms with Gasteiger partial charge < -0.3 is 10.3 Å². The first-order valence-corrected chi connectivity index (χ1v) is 6.25. The van der Waals surface area contributed by atoms with Crippen LogP contribution in [0.1, 0.15) is 33.6 Å². The van der Waals surface area contributed by atoms with E-state index in [-0.39, 0.29) is 17.7 Å². The van der Waals surface area contributed by atoms with E-state index in [0.29, 0.717) is 6.61 Å². The summed E-state index contributed by atoms with van der Waals surface area (Å²) in [6, 6.07) is -0.151. The molecule has 5 heteroatoms. The van der Waals surface area contributed by atoms with E-state index >= 15 is 0 Å². The van der Waals surface area contributed by atoms with E-state index < -0.39 is 5.97 Å². The van der Waals surface area contributed by atoms with Crippen molar-refractivity contribution in [3.8, 4) is 0 Å². The first-order chi connectivity index (χ1) is 8.11. The Kier molecular flexibility index (Phi) is 5.32. The summed E-state index contributed by atoms with van der Waals surface area (Å²) in [5.74, 6) is -0.302. The normalized spacial score (nSPS) is 17.9. The molecule has 1 aliphatic heterocycles. The van der Waals surface area contributed by atoms with Crippen LogP contribution >= 0.6 is 0 Å². The first-order valence-electron chi connectivity index (χ1n) is 6.25. The van der Waals surface area contributed by atoms with Gasteiger partial charge in [-0.15, -0.1) is 0 Å². The van der Waals surface area contributed by atoms with Crippen LogP contribution in [0.25, 0.3) is 5.53 Å². The number of ether oxygens (including phenoxy) is 1. The van der Waals surface area contributed by atoms with Crippen LogP contribution in [-0.2, 0) is 9.53 Å². The Bertz CT molecular complexity index is 316. The van der Waals surface area contributed by atoms with Gasteiger partial charge in [-0.2, -0.15) is 4.79 Å². The van der Waals surface area contributed by atoms with E-state index in [0.717, 1.165) is 25.9 Å². The summed E-state index contributed by atoms with van der Waals surface area (Å²) >= 11 is 0. The molecule has 1 fully saturated rings. The van der Waals surface area contributed by atoms with Gasteiger partial charge in [-0.3, -0.25) is 4.90 Å². The smallest absolute Gasteiger partial charge is 0.418 e. The van der Waals surface area contributed by atoms with Crippen molar-refractivity contribution in [3.05, 3.63) is 5.53 Å². The lowest BCUT2D eigenvalue weighted by molar-refractivity contribution is -0.141. The first kappa shape index (κ1) is 13.9. The van der Waals surface area contributed by atoms with Crippen LogP contribution in [0.2, 0.25) is 0 Å². The third-order valence-corrected chi connectivity index (χ3v) is 3.04. The van der Waals surface area contributed by atoms with Gasteiger partial charge in [0.15, 0.2) is 0 Å². The molecule has 0 aromatic rings. The maximum absolute atomic E-state index is 11.7. The van der Waals surface area contributed by atoms with Crippen LogP contribution in [0, 0.1) is 5.92 Å².